The van der Waals surface area contributed by atoms with Crippen molar-refractivity contribution >= 4 is 11.5 Å². The number of alkyl halides is 3. The molecule has 0 bridgehead atoms. The average Bonchev–Trinajstić information content (AvgIpc) is 3.09. The van der Waals surface area contributed by atoms with E-state index in [2.05, 4.69) is 20.6 Å². The summed E-state index contributed by atoms with van der Waals surface area (Å²) < 4.78 is 49.8. The van der Waals surface area contributed by atoms with Gasteiger partial charge in [0.15, 0.2) is 5.69 Å². The van der Waals surface area contributed by atoms with Gasteiger partial charge in [-0.1, -0.05) is 0 Å². The van der Waals surface area contributed by atoms with Crippen molar-refractivity contribution in [3.05, 3.63) is 23.0 Å². The fourth-order valence-corrected chi connectivity index (χ4v) is 4.38. The molecule has 32 heavy (non-hydrogen) atoms. The maximum atomic E-state index is 14.3. The lowest BCUT2D eigenvalue weighted by atomic mass is 10.0. The lowest BCUT2D eigenvalue weighted by Gasteiger charge is -2.35. The van der Waals surface area contributed by atoms with E-state index in [0.717, 1.165) is 0 Å². The summed E-state index contributed by atoms with van der Waals surface area (Å²) in [5, 5.41) is 10.6. The number of nitrogens with one attached hydrogen (secondary N) is 2. The van der Waals surface area contributed by atoms with Crippen molar-refractivity contribution in [3.8, 4) is 0 Å². The Balaban J connectivity index is 2.12. The van der Waals surface area contributed by atoms with Crippen molar-refractivity contribution in [1.29, 1.82) is 0 Å². The highest BCUT2D eigenvalue weighted by Gasteiger charge is 2.42. The second-order valence-electron chi connectivity index (χ2n) is 8.74. The van der Waals surface area contributed by atoms with Crippen LogP contribution in [0.2, 0.25) is 0 Å². The van der Waals surface area contributed by atoms with Crippen LogP contribution in [0.1, 0.15) is 56.6 Å². The molecule has 0 saturated carbocycles. The van der Waals surface area contributed by atoms with Gasteiger partial charge in [-0.25, -0.2) is 0 Å². The summed E-state index contributed by atoms with van der Waals surface area (Å²) in [5.74, 6) is 0.655. The topological polar surface area (TPSA) is 66.7 Å². The molecular formula is C22H35F3N6O. The SMILES string of the molecule is CN/C(=C\C(=N/C(C)C)N1CCOC[C@H]1C)c1c(C)nn(C2CCNCC2)c1C(F)(F)F. The summed E-state index contributed by atoms with van der Waals surface area (Å²) in [6.07, 6.45) is -1.56. The maximum Gasteiger partial charge on any atom is 0.433 e. The van der Waals surface area contributed by atoms with E-state index in [1.807, 2.05) is 20.8 Å². The van der Waals surface area contributed by atoms with Crippen LogP contribution in [0.15, 0.2) is 11.1 Å². The molecule has 1 aromatic heterocycles. The Kier molecular flexibility index (Phi) is 7.87. The van der Waals surface area contributed by atoms with Gasteiger partial charge in [-0.15, -0.1) is 0 Å². The first-order chi connectivity index (χ1) is 15.1. The third-order valence-corrected chi connectivity index (χ3v) is 5.87. The van der Waals surface area contributed by atoms with E-state index in [1.165, 1.54) is 4.68 Å². The largest absolute Gasteiger partial charge is 0.433 e. The molecule has 0 spiro atoms. The monoisotopic (exact) mass is 456 g/mol. The molecule has 2 fully saturated rings. The molecule has 2 aliphatic heterocycles. The van der Waals surface area contributed by atoms with E-state index in [9.17, 15) is 13.2 Å². The molecule has 2 saturated heterocycles. The minimum Gasteiger partial charge on any atom is -0.387 e. The Morgan fingerprint density at radius 3 is 2.56 bits per heavy atom. The summed E-state index contributed by atoms with van der Waals surface area (Å²) in [6, 6.07) is -0.201. The number of halogens is 3. The van der Waals surface area contributed by atoms with Crippen LogP contribution in [0.3, 0.4) is 0 Å². The molecule has 2 aliphatic rings. The number of rotatable bonds is 5. The van der Waals surface area contributed by atoms with E-state index in [-0.39, 0.29) is 23.7 Å². The van der Waals surface area contributed by atoms with Gasteiger partial charge in [-0.3, -0.25) is 9.67 Å². The molecule has 3 heterocycles. The number of amidine groups is 1. The van der Waals surface area contributed by atoms with Crippen LogP contribution in [-0.2, 0) is 10.9 Å². The molecular weight excluding hydrogens is 421 g/mol. The predicted octanol–water partition coefficient (Wildman–Crippen LogP) is 3.22. The Hall–Kier alpha value is -2.07. The molecule has 0 aromatic carbocycles. The van der Waals surface area contributed by atoms with Gasteiger partial charge in [-0.05, 0) is 53.6 Å². The average molecular weight is 457 g/mol. The molecule has 180 valence electrons. The van der Waals surface area contributed by atoms with E-state index in [0.29, 0.717) is 62.9 Å². The highest BCUT2D eigenvalue weighted by molar-refractivity contribution is 5.99. The smallest absolute Gasteiger partial charge is 0.387 e. The minimum atomic E-state index is -4.53. The van der Waals surface area contributed by atoms with Crippen molar-refractivity contribution in [2.24, 2.45) is 4.99 Å². The number of aryl methyl sites for hydroxylation is 1. The number of morpholine rings is 1. The molecule has 0 aliphatic carbocycles. The minimum absolute atomic E-state index is 0.00459. The number of aliphatic imine (C=N–C) groups is 1. The van der Waals surface area contributed by atoms with Crippen LogP contribution in [0, 0.1) is 6.92 Å². The Bertz CT molecular complexity index is 839. The first kappa shape index (κ1) is 24.6. The molecule has 1 atom stereocenters. The summed E-state index contributed by atoms with van der Waals surface area (Å²) in [4.78, 5) is 6.83. The van der Waals surface area contributed by atoms with E-state index in [4.69, 9.17) is 9.73 Å². The summed E-state index contributed by atoms with van der Waals surface area (Å²) in [5.41, 5.74) is 0.126. The fraction of sp³-hybridized carbons (Fsp3) is 0.727. The molecule has 2 N–H and O–H groups in total. The molecule has 0 radical (unpaired) electrons. The van der Waals surface area contributed by atoms with Crippen LogP contribution >= 0.6 is 0 Å². The zero-order valence-electron chi connectivity index (χ0n) is 19.6. The van der Waals surface area contributed by atoms with Gasteiger partial charge in [0.05, 0.1) is 36.6 Å². The van der Waals surface area contributed by atoms with Crippen LogP contribution in [0.25, 0.3) is 5.70 Å². The molecule has 10 heteroatoms. The van der Waals surface area contributed by atoms with Gasteiger partial charge >= 0.3 is 6.18 Å². The third kappa shape index (κ3) is 5.46. The second kappa shape index (κ2) is 10.2. The lowest BCUT2D eigenvalue weighted by molar-refractivity contribution is -0.145. The Morgan fingerprint density at radius 1 is 1.31 bits per heavy atom. The summed E-state index contributed by atoms with van der Waals surface area (Å²) in [6.45, 7) is 10.7. The van der Waals surface area contributed by atoms with Crippen molar-refractivity contribution in [3.63, 3.8) is 0 Å². The maximum absolute atomic E-state index is 14.3. The van der Waals surface area contributed by atoms with Crippen LogP contribution < -0.4 is 10.6 Å². The Labute approximate surface area is 188 Å². The van der Waals surface area contributed by atoms with Crippen molar-refractivity contribution in [2.45, 2.75) is 64.8 Å². The van der Waals surface area contributed by atoms with E-state index in [1.54, 1.807) is 20.0 Å². The number of hydrogen-bond donors (Lipinski definition) is 2. The quantitative estimate of drug-likeness (QED) is 0.526. The van der Waals surface area contributed by atoms with Gasteiger partial charge < -0.3 is 20.3 Å². The molecule has 3 rings (SSSR count). The number of ether oxygens (including phenoxy) is 1. The number of piperidine rings is 1. The second-order valence-corrected chi connectivity index (χ2v) is 8.74. The van der Waals surface area contributed by atoms with Crippen LogP contribution in [0.4, 0.5) is 13.2 Å². The van der Waals surface area contributed by atoms with Gasteiger partial charge in [0.1, 0.15) is 5.84 Å². The van der Waals surface area contributed by atoms with Crippen molar-refractivity contribution in [1.82, 2.24) is 25.3 Å². The molecule has 0 amide bonds. The van der Waals surface area contributed by atoms with Crippen molar-refractivity contribution in [2.75, 3.05) is 39.9 Å². The number of nitrogens with zero attached hydrogens (tertiary/aromatic N) is 4. The number of hydrogen-bond acceptors (Lipinski definition) is 5. The number of aromatic nitrogens is 2. The standard InChI is InChI=1S/C22H35F3N6O/c1-14(2)28-19(30-10-11-32-13-15(30)3)12-18(26-5)20-16(4)29-31(21(20)22(23,24)25)17-6-8-27-9-7-17/h12,14-15,17,26-27H,6-11,13H2,1-5H3/b18-12-,28-19+/t15-/m1/s1. The molecule has 0 unspecified atom stereocenters. The Morgan fingerprint density at radius 2 is 2.00 bits per heavy atom. The lowest BCUT2D eigenvalue weighted by Crippen LogP contribution is -2.47. The van der Waals surface area contributed by atoms with Crippen molar-refractivity contribution < 1.29 is 17.9 Å². The highest BCUT2D eigenvalue weighted by Crippen LogP contribution is 2.39. The van der Waals surface area contributed by atoms with E-state index < -0.39 is 11.9 Å². The van der Waals surface area contributed by atoms with Gasteiger partial charge in [0.2, 0.25) is 0 Å². The zero-order valence-corrected chi connectivity index (χ0v) is 19.6. The fourth-order valence-electron chi connectivity index (χ4n) is 4.38. The first-order valence-corrected chi connectivity index (χ1v) is 11.3. The van der Waals surface area contributed by atoms with Gasteiger partial charge in [0, 0.05) is 31.4 Å². The zero-order chi connectivity index (χ0) is 23.5. The highest BCUT2D eigenvalue weighted by atomic mass is 19.4. The van der Waals surface area contributed by atoms with Gasteiger partial charge in [0.25, 0.3) is 0 Å². The van der Waals surface area contributed by atoms with E-state index >= 15 is 0 Å². The van der Waals surface area contributed by atoms with Crippen LogP contribution in [-0.4, -0.2) is 72.5 Å². The third-order valence-electron chi connectivity index (χ3n) is 5.87. The molecule has 7 nitrogen and oxygen atoms in total. The van der Waals surface area contributed by atoms with Gasteiger partial charge in [-0.2, -0.15) is 18.3 Å². The van der Waals surface area contributed by atoms with Crippen LogP contribution in [0.5, 0.6) is 0 Å². The normalized spacial score (nSPS) is 22.0. The summed E-state index contributed by atoms with van der Waals surface area (Å²) in [7, 11) is 1.64. The predicted molar refractivity (Wildman–Crippen MR) is 120 cm³/mol. The summed E-state index contributed by atoms with van der Waals surface area (Å²) >= 11 is 0. The first-order valence-electron chi connectivity index (χ1n) is 11.3. The molecule has 1 aromatic rings.